The van der Waals surface area contributed by atoms with Gasteiger partial charge in [0.15, 0.2) is 0 Å². The van der Waals surface area contributed by atoms with E-state index in [0.29, 0.717) is 11.5 Å². The average Bonchev–Trinajstić information content (AvgIpc) is 3.50. The van der Waals surface area contributed by atoms with Crippen LogP contribution in [0.25, 0.3) is 0 Å². The quantitative estimate of drug-likeness (QED) is 0.286. The molecule has 7 rings (SSSR count). The Hall–Kier alpha value is -3.05. The van der Waals surface area contributed by atoms with Gasteiger partial charge in [-0.3, -0.25) is 0 Å². The first kappa shape index (κ1) is 21.5. The molecule has 1 saturated carbocycles. The summed E-state index contributed by atoms with van der Waals surface area (Å²) < 4.78 is 6.14. The van der Waals surface area contributed by atoms with Gasteiger partial charge in [-0.15, -0.1) is 48.8 Å². The number of hydrogen-bond acceptors (Lipinski definition) is 7. The van der Waals surface area contributed by atoms with E-state index < -0.39 is 0 Å². The zero-order chi connectivity index (χ0) is 21.8. The van der Waals surface area contributed by atoms with E-state index in [-0.39, 0.29) is 33.1 Å². The molecule has 2 unspecified atom stereocenters. The van der Waals surface area contributed by atoms with Crippen LogP contribution in [0.4, 0.5) is 22.7 Å². The van der Waals surface area contributed by atoms with E-state index in [9.17, 15) is 0 Å². The molecule has 0 saturated heterocycles. The van der Waals surface area contributed by atoms with Crippen LogP contribution in [-0.4, -0.2) is 17.1 Å². The van der Waals surface area contributed by atoms with Crippen LogP contribution in [0.1, 0.15) is 25.7 Å². The summed E-state index contributed by atoms with van der Waals surface area (Å²) in [4.78, 5) is 4.62. The summed E-state index contributed by atoms with van der Waals surface area (Å²) in [6.07, 6.45) is 4.55. The molecule has 7 nitrogen and oxygen atoms in total. The summed E-state index contributed by atoms with van der Waals surface area (Å²) in [6, 6.07) is 27.6. The standard InChI is InChI=1S/C26H22N6O.Pt/c1-2-12-24-23(11-1)29-17-30(24)25-13-3-4-14-26(25)32-18-31(27-28-32)20-8-6-10-22(16-20)33-21-9-5-7-19(29)15-21;/h1-2,5-12,17-18,25-26H,3-4,13-14H2;/q-4;+4. The van der Waals surface area contributed by atoms with Gasteiger partial charge in [0.25, 0.3) is 0 Å². The second-order valence-corrected chi connectivity index (χ2v) is 8.72. The monoisotopic (exact) mass is 629 g/mol. The van der Waals surface area contributed by atoms with E-state index in [1.54, 1.807) is 5.01 Å². The van der Waals surface area contributed by atoms with E-state index in [1.807, 2.05) is 42.0 Å². The minimum atomic E-state index is 0. The number of rotatable bonds is 0. The molecule has 8 bridgehead atoms. The fraction of sp³-hybridized carbons (Fsp3) is 0.231. The van der Waals surface area contributed by atoms with Crippen LogP contribution in [-0.2, 0) is 21.1 Å². The Labute approximate surface area is 213 Å². The third-order valence-electron chi connectivity index (χ3n) is 6.75. The van der Waals surface area contributed by atoms with Crippen molar-refractivity contribution in [2.75, 3.05) is 14.8 Å². The first-order valence-electron chi connectivity index (χ1n) is 11.4. The van der Waals surface area contributed by atoms with Crippen LogP contribution in [0.5, 0.6) is 11.5 Å². The topological polar surface area (TPSA) is 46.9 Å². The van der Waals surface area contributed by atoms with Gasteiger partial charge in [-0.1, -0.05) is 41.1 Å². The van der Waals surface area contributed by atoms with Crippen molar-refractivity contribution in [2.24, 2.45) is 10.4 Å². The molecule has 3 aliphatic heterocycles. The molecule has 172 valence electrons. The molecular weight excluding hydrogens is 607 g/mol. The molecule has 0 spiro atoms. The molecule has 3 heterocycles. The van der Waals surface area contributed by atoms with Crippen molar-refractivity contribution in [3.8, 4) is 11.5 Å². The van der Waals surface area contributed by atoms with Crippen LogP contribution in [0, 0.1) is 25.5 Å². The molecule has 2 atom stereocenters. The van der Waals surface area contributed by atoms with Crippen molar-refractivity contribution in [1.82, 2.24) is 5.01 Å². The van der Waals surface area contributed by atoms with Gasteiger partial charge in [-0.05, 0) is 25.0 Å². The zero-order valence-electron chi connectivity index (χ0n) is 18.3. The Kier molecular flexibility index (Phi) is 5.45. The number of benzene rings is 3. The first-order chi connectivity index (χ1) is 16.3. The van der Waals surface area contributed by atoms with Crippen LogP contribution in [0.15, 0.2) is 71.1 Å². The maximum Gasteiger partial charge on any atom is 4.00 e. The Morgan fingerprint density at radius 3 is 2.29 bits per heavy atom. The summed E-state index contributed by atoms with van der Waals surface area (Å²) in [6.45, 7) is 4.18. The van der Waals surface area contributed by atoms with E-state index in [1.165, 1.54) is 18.5 Å². The molecule has 8 heteroatoms. The molecule has 34 heavy (non-hydrogen) atoms. The second-order valence-electron chi connectivity index (χ2n) is 8.72. The molecule has 4 aliphatic rings. The summed E-state index contributed by atoms with van der Waals surface area (Å²) in [5.41, 5.74) is 4.08. The summed E-state index contributed by atoms with van der Waals surface area (Å²) >= 11 is 0. The predicted octanol–water partition coefficient (Wildman–Crippen LogP) is 6.00. The Balaban J connectivity index is 0.00000217. The molecule has 3 aromatic carbocycles. The van der Waals surface area contributed by atoms with Crippen molar-refractivity contribution < 1.29 is 25.8 Å². The third-order valence-corrected chi connectivity index (χ3v) is 6.75. The van der Waals surface area contributed by atoms with Gasteiger partial charge in [-0.2, -0.15) is 18.8 Å². The van der Waals surface area contributed by atoms with Crippen molar-refractivity contribution in [2.45, 2.75) is 37.8 Å². The van der Waals surface area contributed by atoms with Crippen LogP contribution in [0.2, 0.25) is 0 Å². The predicted molar refractivity (Wildman–Crippen MR) is 126 cm³/mol. The van der Waals surface area contributed by atoms with Gasteiger partial charge in [0.05, 0.1) is 0 Å². The second kappa shape index (κ2) is 8.62. The van der Waals surface area contributed by atoms with Crippen molar-refractivity contribution >= 4 is 22.7 Å². The molecule has 0 radical (unpaired) electrons. The van der Waals surface area contributed by atoms with Crippen LogP contribution in [0.3, 0.4) is 0 Å². The van der Waals surface area contributed by atoms with Crippen LogP contribution < -0.4 is 19.5 Å². The largest absolute Gasteiger partial charge is 4.00 e. The van der Waals surface area contributed by atoms with Crippen LogP contribution >= 0.6 is 0 Å². The van der Waals surface area contributed by atoms with Gasteiger partial charge in [-0.25, -0.2) is 0 Å². The minimum Gasteiger partial charge on any atom is -0.509 e. The molecular formula is C26H22N6OPt. The molecule has 1 aliphatic carbocycles. The van der Waals surface area contributed by atoms with Crippen molar-refractivity contribution in [3.05, 3.63) is 86.1 Å². The summed E-state index contributed by atoms with van der Waals surface area (Å²) in [7, 11) is 0. The van der Waals surface area contributed by atoms with Gasteiger partial charge in [0, 0.05) is 35.0 Å². The number of fused-ring (bicyclic) bond motifs is 16. The smallest absolute Gasteiger partial charge is 0.509 e. The van der Waals surface area contributed by atoms with E-state index in [2.05, 4.69) is 69.4 Å². The summed E-state index contributed by atoms with van der Waals surface area (Å²) in [5, 5.41) is 12.7. The molecule has 0 N–H and O–H groups in total. The van der Waals surface area contributed by atoms with Crippen molar-refractivity contribution in [1.29, 1.82) is 0 Å². The summed E-state index contributed by atoms with van der Waals surface area (Å²) in [5.74, 6) is 1.25. The Morgan fingerprint density at radius 1 is 0.765 bits per heavy atom. The SMILES string of the molecule is [Pt+4].[c-]1c2cccc1N1[CH-]N(N=N1)C1CCCCC1N1[CH-]N(c3[c-]c(ccc3)O2)c2ccccc21. The maximum atomic E-state index is 6.14. The first-order valence-corrected chi connectivity index (χ1v) is 11.4. The fourth-order valence-electron chi connectivity index (χ4n) is 5.21. The molecule has 0 amide bonds. The Morgan fingerprint density at radius 2 is 1.47 bits per heavy atom. The van der Waals surface area contributed by atoms with E-state index in [4.69, 9.17) is 4.74 Å². The van der Waals surface area contributed by atoms with E-state index in [0.717, 1.165) is 29.9 Å². The van der Waals surface area contributed by atoms with Gasteiger partial charge >= 0.3 is 21.1 Å². The average molecular weight is 630 g/mol. The van der Waals surface area contributed by atoms with E-state index >= 15 is 0 Å². The number of nitrogens with zero attached hydrogens (tertiary/aromatic N) is 6. The van der Waals surface area contributed by atoms with Gasteiger partial charge in [0.1, 0.15) is 0 Å². The number of para-hydroxylation sites is 2. The Bertz CT molecular complexity index is 1240. The normalized spacial score (nSPS) is 22.2. The number of anilines is 4. The third kappa shape index (κ3) is 3.54. The van der Waals surface area contributed by atoms with Gasteiger partial charge in [0.2, 0.25) is 0 Å². The maximum absolute atomic E-state index is 6.14. The van der Waals surface area contributed by atoms with Gasteiger partial charge < -0.3 is 24.6 Å². The zero-order valence-corrected chi connectivity index (χ0v) is 20.6. The minimum absolute atomic E-state index is 0. The fourth-order valence-corrected chi connectivity index (χ4v) is 5.21. The number of hydrogen-bond donors (Lipinski definition) is 0. The molecule has 0 aromatic heterocycles. The van der Waals surface area contributed by atoms with Crippen molar-refractivity contribution in [3.63, 3.8) is 0 Å². The number of ether oxygens (including phenoxy) is 1. The molecule has 1 fully saturated rings. The molecule has 3 aromatic rings.